The lowest BCUT2D eigenvalue weighted by atomic mass is 9.65. The first-order valence-electron chi connectivity index (χ1n) is 7.98. The van der Waals surface area contributed by atoms with Crippen molar-refractivity contribution in [3.63, 3.8) is 0 Å². The van der Waals surface area contributed by atoms with Gasteiger partial charge in [0.05, 0.1) is 13.2 Å². The fourth-order valence-electron chi connectivity index (χ4n) is 4.43. The average Bonchev–Trinajstić information content (AvgIpc) is 2.43. The summed E-state index contributed by atoms with van der Waals surface area (Å²) < 4.78 is 6.85. The van der Waals surface area contributed by atoms with E-state index in [-0.39, 0.29) is 5.54 Å². The van der Waals surface area contributed by atoms with Crippen molar-refractivity contribution in [3.05, 3.63) is 36.4 Å². The summed E-state index contributed by atoms with van der Waals surface area (Å²) >= 11 is 0. The number of hydrogen-bond donors (Lipinski definition) is 1. The van der Waals surface area contributed by atoms with Crippen LogP contribution in [0.25, 0.3) is 0 Å². The SMILES string of the molecule is [CH][N+]1(CCC)CCOC2(C)c3cc(O)ccc3CCC21C. The summed E-state index contributed by atoms with van der Waals surface area (Å²) in [5.74, 6) is 0.305. The second kappa shape index (κ2) is 4.72. The van der Waals surface area contributed by atoms with Gasteiger partial charge in [-0.25, -0.2) is 0 Å². The quantitative estimate of drug-likeness (QED) is 0.847. The van der Waals surface area contributed by atoms with Gasteiger partial charge >= 0.3 is 0 Å². The van der Waals surface area contributed by atoms with Crippen LogP contribution in [-0.2, 0) is 16.8 Å². The minimum absolute atomic E-state index is 0.165. The van der Waals surface area contributed by atoms with Crippen LogP contribution < -0.4 is 0 Å². The molecule has 3 unspecified atom stereocenters. The Kier molecular flexibility index (Phi) is 3.34. The van der Waals surface area contributed by atoms with Crippen molar-refractivity contribution in [2.45, 2.75) is 51.2 Å². The summed E-state index contributed by atoms with van der Waals surface area (Å²) in [6.45, 7) is 9.08. The Labute approximate surface area is 128 Å². The second-order valence-electron chi connectivity index (χ2n) is 6.98. The van der Waals surface area contributed by atoms with Gasteiger partial charge in [-0.1, -0.05) is 13.0 Å². The smallest absolute Gasteiger partial charge is 0.207 e. The van der Waals surface area contributed by atoms with Crippen LogP contribution in [0.5, 0.6) is 5.75 Å². The number of hydrogen-bond acceptors (Lipinski definition) is 2. The normalized spacial score (nSPS) is 38.7. The molecule has 3 atom stereocenters. The lowest BCUT2D eigenvalue weighted by Gasteiger charge is -2.61. The number of morpholine rings is 1. The first kappa shape index (κ1) is 14.9. The van der Waals surface area contributed by atoms with Crippen molar-refractivity contribution >= 4 is 0 Å². The molecule has 1 saturated heterocycles. The third-order valence-corrected chi connectivity index (χ3v) is 6.00. The number of phenolic OH excluding ortho intramolecular Hbond substituents is 1. The van der Waals surface area contributed by atoms with Crippen LogP contribution in [0.3, 0.4) is 0 Å². The highest BCUT2D eigenvalue weighted by molar-refractivity contribution is 5.43. The molecular formula is C18H26NO2+. The van der Waals surface area contributed by atoms with Crippen LogP contribution in [0, 0.1) is 7.05 Å². The third kappa shape index (κ3) is 1.87. The van der Waals surface area contributed by atoms with E-state index < -0.39 is 5.60 Å². The molecule has 3 rings (SSSR count). The average molecular weight is 288 g/mol. The lowest BCUT2D eigenvalue weighted by Crippen LogP contribution is -2.74. The summed E-state index contributed by atoms with van der Waals surface area (Å²) in [5.41, 5.74) is 1.78. The van der Waals surface area contributed by atoms with E-state index in [0.717, 1.165) is 37.9 Å². The first-order chi connectivity index (χ1) is 9.86. The third-order valence-electron chi connectivity index (χ3n) is 6.00. The van der Waals surface area contributed by atoms with Gasteiger partial charge in [-0.3, -0.25) is 0 Å². The van der Waals surface area contributed by atoms with Gasteiger partial charge in [0.1, 0.15) is 23.4 Å². The van der Waals surface area contributed by atoms with E-state index in [4.69, 9.17) is 11.8 Å². The fraction of sp³-hybridized carbons (Fsp3) is 0.611. The maximum absolute atomic E-state index is 9.92. The Morgan fingerprint density at radius 1 is 1.38 bits per heavy atom. The molecule has 2 radical (unpaired) electrons. The number of benzene rings is 1. The Hall–Kier alpha value is -1.06. The summed E-state index contributed by atoms with van der Waals surface area (Å²) in [5, 5.41) is 9.92. The van der Waals surface area contributed by atoms with Gasteiger partial charge in [0.25, 0.3) is 0 Å². The fourth-order valence-corrected chi connectivity index (χ4v) is 4.43. The molecule has 3 heteroatoms. The monoisotopic (exact) mass is 288 g/mol. The minimum atomic E-state index is -0.443. The van der Waals surface area contributed by atoms with E-state index >= 15 is 0 Å². The molecule has 0 aromatic heterocycles. The highest BCUT2D eigenvalue weighted by Gasteiger charge is 2.63. The number of quaternary nitrogens is 1. The van der Waals surface area contributed by atoms with E-state index in [1.54, 1.807) is 6.07 Å². The van der Waals surface area contributed by atoms with Crippen LogP contribution in [0.2, 0.25) is 0 Å². The standard InChI is InChI=1S/C18H26NO2/c1-5-10-19(4)11-12-21-18(3)16-13-15(20)7-6-14(16)8-9-17(18,19)2/h4,6-7,13,20H,5,8-12H2,1-3H3/q+1. The van der Waals surface area contributed by atoms with E-state index in [2.05, 4.69) is 20.8 Å². The summed E-state index contributed by atoms with van der Waals surface area (Å²) in [6, 6.07) is 5.66. The zero-order chi connectivity index (χ0) is 15.3. The largest absolute Gasteiger partial charge is 0.508 e. The van der Waals surface area contributed by atoms with E-state index in [1.165, 1.54) is 5.56 Å². The van der Waals surface area contributed by atoms with Crippen molar-refractivity contribution in [2.24, 2.45) is 0 Å². The highest BCUT2D eigenvalue weighted by Crippen LogP contribution is 2.53. The molecule has 114 valence electrons. The van der Waals surface area contributed by atoms with Crippen molar-refractivity contribution in [3.8, 4) is 5.75 Å². The maximum Gasteiger partial charge on any atom is 0.207 e. The number of fused-ring (bicyclic) bond motifs is 3. The molecule has 1 aliphatic carbocycles. The molecule has 21 heavy (non-hydrogen) atoms. The lowest BCUT2D eigenvalue weighted by molar-refractivity contribution is -0.956. The Morgan fingerprint density at radius 3 is 2.86 bits per heavy atom. The molecule has 2 aliphatic rings. The zero-order valence-corrected chi connectivity index (χ0v) is 13.4. The Bertz CT molecular complexity index is 554. The molecule has 0 saturated carbocycles. The van der Waals surface area contributed by atoms with Crippen LogP contribution >= 0.6 is 0 Å². The molecule has 0 amide bonds. The first-order valence-corrected chi connectivity index (χ1v) is 7.98. The second-order valence-corrected chi connectivity index (χ2v) is 6.98. The molecule has 1 fully saturated rings. The Balaban J connectivity index is 2.15. The number of aryl methyl sites for hydroxylation is 1. The Morgan fingerprint density at radius 2 is 2.14 bits per heavy atom. The van der Waals surface area contributed by atoms with Crippen LogP contribution in [0.1, 0.15) is 44.7 Å². The van der Waals surface area contributed by atoms with Crippen LogP contribution in [0.15, 0.2) is 18.2 Å². The van der Waals surface area contributed by atoms with E-state index in [0.29, 0.717) is 16.8 Å². The molecule has 1 N–H and O–H groups in total. The van der Waals surface area contributed by atoms with E-state index in [9.17, 15) is 5.11 Å². The van der Waals surface area contributed by atoms with Crippen LogP contribution in [-0.4, -0.2) is 34.8 Å². The molecule has 1 aliphatic heterocycles. The molecule has 0 spiro atoms. The number of phenols is 1. The number of nitrogens with zero attached hydrogens (tertiary/aromatic N) is 1. The van der Waals surface area contributed by atoms with Gasteiger partial charge in [0, 0.05) is 6.42 Å². The zero-order valence-electron chi connectivity index (χ0n) is 13.4. The van der Waals surface area contributed by atoms with E-state index in [1.807, 2.05) is 12.1 Å². The molecule has 1 aromatic rings. The predicted octanol–water partition coefficient (Wildman–Crippen LogP) is 3.24. The molecule has 1 heterocycles. The molecule has 0 bridgehead atoms. The maximum atomic E-state index is 9.92. The van der Waals surface area contributed by atoms with Gasteiger partial charge < -0.3 is 14.3 Å². The summed E-state index contributed by atoms with van der Waals surface area (Å²) in [7, 11) is 6.83. The molecular weight excluding hydrogens is 262 g/mol. The molecule has 1 aromatic carbocycles. The van der Waals surface area contributed by atoms with Gasteiger partial charge in [-0.05, 0) is 49.9 Å². The van der Waals surface area contributed by atoms with Gasteiger partial charge in [-0.2, -0.15) is 0 Å². The number of ether oxygens (including phenoxy) is 1. The van der Waals surface area contributed by atoms with Gasteiger partial charge in [0.15, 0.2) is 0 Å². The van der Waals surface area contributed by atoms with Gasteiger partial charge in [0.2, 0.25) is 7.05 Å². The van der Waals surface area contributed by atoms with Crippen molar-refractivity contribution in [1.82, 2.24) is 0 Å². The van der Waals surface area contributed by atoms with Crippen molar-refractivity contribution < 1.29 is 14.3 Å². The van der Waals surface area contributed by atoms with Crippen LogP contribution in [0.4, 0.5) is 0 Å². The van der Waals surface area contributed by atoms with Crippen molar-refractivity contribution in [1.29, 1.82) is 0 Å². The molecule has 3 nitrogen and oxygen atoms in total. The summed E-state index contributed by atoms with van der Waals surface area (Å²) in [6.07, 6.45) is 3.07. The topological polar surface area (TPSA) is 29.5 Å². The summed E-state index contributed by atoms with van der Waals surface area (Å²) in [4.78, 5) is 0. The minimum Gasteiger partial charge on any atom is -0.508 e. The predicted molar refractivity (Wildman–Crippen MR) is 82.7 cm³/mol. The number of aromatic hydroxyl groups is 1. The van der Waals surface area contributed by atoms with Crippen molar-refractivity contribution in [2.75, 3.05) is 19.7 Å². The van der Waals surface area contributed by atoms with Gasteiger partial charge in [-0.15, -0.1) is 0 Å². The number of rotatable bonds is 2. The highest BCUT2D eigenvalue weighted by atomic mass is 16.5.